The average Bonchev–Trinajstić information content (AvgIpc) is 2.88. The van der Waals surface area contributed by atoms with E-state index in [4.69, 9.17) is 0 Å². The molecule has 1 heterocycles. The second-order valence-corrected chi connectivity index (χ2v) is 8.45. The van der Waals surface area contributed by atoms with Crippen molar-refractivity contribution in [1.29, 1.82) is 0 Å². The summed E-state index contributed by atoms with van der Waals surface area (Å²) in [5.41, 5.74) is 0.130. The first kappa shape index (κ1) is 14.4. The van der Waals surface area contributed by atoms with E-state index in [1.807, 2.05) is 30.3 Å². The Morgan fingerprint density at radius 1 is 1.11 bits per heavy atom. The molecule has 0 radical (unpaired) electrons. The Hall–Kier alpha value is -0.980. The van der Waals surface area contributed by atoms with E-state index in [0.29, 0.717) is 5.92 Å². The second-order valence-electron chi connectivity index (χ2n) is 5.83. The second kappa shape index (κ2) is 5.98. The maximum absolute atomic E-state index is 12.5. The highest BCUT2D eigenvalue weighted by molar-refractivity contribution is 7.53. The van der Waals surface area contributed by atoms with E-state index < -0.39 is 7.80 Å². The topological polar surface area (TPSA) is 17.1 Å². The Morgan fingerprint density at radius 3 is 2.32 bits per heavy atom. The molecule has 1 aromatic heterocycles. The zero-order valence-electron chi connectivity index (χ0n) is 11.7. The molecular weight excluding hydrogens is 271 g/mol. The molecule has 1 aromatic carbocycles. The van der Waals surface area contributed by atoms with Crippen LogP contribution in [0.3, 0.4) is 0 Å². The van der Waals surface area contributed by atoms with E-state index in [9.17, 15) is 4.57 Å². The van der Waals surface area contributed by atoms with Gasteiger partial charge in [0.05, 0.1) is 0 Å². The molecule has 1 nitrogen and oxygen atoms in total. The summed E-state index contributed by atoms with van der Waals surface area (Å²) in [5.74, 6) is 0.344. The van der Waals surface area contributed by atoms with E-state index in [2.05, 4.69) is 38.3 Å². The van der Waals surface area contributed by atoms with Crippen molar-refractivity contribution in [3.63, 3.8) is 0 Å². The monoisotopic (exact) mass is 291 g/mol. The van der Waals surface area contributed by atoms with Gasteiger partial charge in [-0.25, -0.2) is 0 Å². The fraction of sp³-hybridized carbons (Fsp3) is 0.375. The van der Waals surface area contributed by atoms with Crippen LogP contribution in [0.15, 0.2) is 47.8 Å². The van der Waals surface area contributed by atoms with Crippen molar-refractivity contribution in [1.82, 2.24) is 0 Å². The highest BCUT2D eigenvalue weighted by Crippen LogP contribution is 2.42. The third-order valence-corrected chi connectivity index (χ3v) is 5.88. The van der Waals surface area contributed by atoms with Crippen LogP contribution in [-0.2, 0) is 4.57 Å². The van der Waals surface area contributed by atoms with Crippen molar-refractivity contribution in [2.24, 2.45) is 5.41 Å². The predicted molar refractivity (Wildman–Crippen MR) is 85.1 cm³/mol. The molecule has 2 atom stereocenters. The maximum Gasteiger partial charge on any atom is 0.377 e. The molecule has 100 valence electrons. The third-order valence-electron chi connectivity index (χ3n) is 3.32. The van der Waals surface area contributed by atoms with Crippen LogP contribution in [0.25, 0.3) is 0 Å². The van der Waals surface area contributed by atoms with Crippen LogP contribution in [0.2, 0.25) is 0 Å². The van der Waals surface area contributed by atoms with Gasteiger partial charge in [-0.05, 0) is 29.0 Å². The average molecular weight is 291 g/mol. The Kier molecular flexibility index (Phi) is 4.54. The minimum Gasteiger partial charge on any atom is -0.148 e. The lowest BCUT2D eigenvalue weighted by Gasteiger charge is -2.26. The van der Waals surface area contributed by atoms with Gasteiger partial charge in [-0.1, -0.05) is 49.6 Å². The predicted octanol–water partition coefficient (Wildman–Crippen LogP) is 5.03. The summed E-state index contributed by atoms with van der Waals surface area (Å²) < 4.78 is 12.5. The number of rotatable bonds is 4. The molecule has 3 heteroatoms. The molecule has 0 aliphatic heterocycles. The lowest BCUT2D eigenvalue weighted by Crippen LogP contribution is -2.20. The molecule has 0 fully saturated rings. The Labute approximate surface area is 120 Å². The first-order valence-electron chi connectivity index (χ1n) is 6.51. The van der Waals surface area contributed by atoms with Crippen molar-refractivity contribution < 1.29 is 4.57 Å². The van der Waals surface area contributed by atoms with E-state index in [-0.39, 0.29) is 5.41 Å². The molecule has 0 spiro atoms. The first-order chi connectivity index (χ1) is 8.98. The van der Waals surface area contributed by atoms with Gasteiger partial charge in [0.1, 0.15) is 0 Å². The SMILES string of the molecule is CC(C)(C)C(C[P+](=O)c1ccccc1)c1cccs1. The lowest BCUT2D eigenvalue weighted by molar-refractivity contribution is 0.345. The maximum atomic E-state index is 12.5. The quantitative estimate of drug-likeness (QED) is 0.722. The Morgan fingerprint density at radius 2 is 1.79 bits per heavy atom. The van der Waals surface area contributed by atoms with Gasteiger partial charge in [0.2, 0.25) is 0 Å². The van der Waals surface area contributed by atoms with Crippen LogP contribution in [0.5, 0.6) is 0 Å². The minimum atomic E-state index is -1.33. The van der Waals surface area contributed by atoms with E-state index in [1.165, 1.54) is 4.88 Å². The first-order valence-corrected chi connectivity index (χ1v) is 8.84. The van der Waals surface area contributed by atoms with Gasteiger partial charge in [-0.3, -0.25) is 0 Å². The summed E-state index contributed by atoms with van der Waals surface area (Å²) in [7, 11) is -1.33. The highest BCUT2D eigenvalue weighted by atomic mass is 32.1. The molecule has 2 aromatic rings. The van der Waals surface area contributed by atoms with Crippen LogP contribution >= 0.6 is 19.1 Å². The zero-order chi connectivity index (χ0) is 13.9. The largest absolute Gasteiger partial charge is 0.377 e. The molecule has 0 bridgehead atoms. The number of benzene rings is 1. The highest BCUT2D eigenvalue weighted by Gasteiger charge is 2.35. The fourth-order valence-corrected chi connectivity index (χ4v) is 5.13. The van der Waals surface area contributed by atoms with Gasteiger partial charge in [0, 0.05) is 10.8 Å². The standard InChI is InChI=1S/C16H20OPS/c1-16(2,3)14(15-10-7-11-19-15)12-18(17)13-8-5-4-6-9-13/h4-11,14H,12H2,1-3H3/q+1. The summed E-state index contributed by atoms with van der Waals surface area (Å²) in [4.78, 5) is 1.34. The van der Waals surface area contributed by atoms with E-state index in [1.54, 1.807) is 11.3 Å². The Bertz CT molecular complexity index is 526. The van der Waals surface area contributed by atoms with Gasteiger partial charge >= 0.3 is 7.80 Å². The summed E-state index contributed by atoms with van der Waals surface area (Å²) in [6, 6.07) is 14.1. The molecule has 0 aliphatic rings. The third kappa shape index (κ3) is 3.75. The molecule has 2 unspecified atom stereocenters. The van der Waals surface area contributed by atoms with Crippen LogP contribution in [0, 0.1) is 5.41 Å². The molecular formula is C16H20OPS+. The fourth-order valence-electron chi connectivity index (χ4n) is 2.15. The van der Waals surface area contributed by atoms with Gasteiger partial charge in [-0.2, -0.15) is 0 Å². The summed E-state index contributed by atoms with van der Waals surface area (Å²) in [6.45, 7) is 6.68. The summed E-state index contributed by atoms with van der Waals surface area (Å²) in [6.07, 6.45) is 0.726. The van der Waals surface area contributed by atoms with E-state index >= 15 is 0 Å². The minimum absolute atomic E-state index is 0.130. The van der Waals surface area contributed by atoms with Crippen molar-refractivity contribution >= 4 is 24.4 Å². The molecule has 0 aliphatic carbocycles. The summed E-state index contributed by atoms with van der Waals surface area (Å²) >= 11 is 1.77. The molecule has 2 rings (SSSR count). The number of hydrogen-bond acceptors (Lipinski definition) is 2. The zero-order valence-corrected chi connectivity index (χ0v) is 13.4. The van der Waals surface area contributed by atoms with Crippen molar-refractivity contribution in [3.05, 3.63) is 52.7 Å². The molecule has 19 heavy (non-hydrogen) atoms. The molecule has 0 saturated carbocycles. The van der Waals surface area contributed by atoms with Crippen LogP contribution < -0.4 is 5.30 Å². The Balaban J connectivity index is 2.21. The summed E-state index contributed by atoms with van der Waals surface area (Å²) in [5, 5.41) is 3.06. The molecule has 0 N–H and O–H groups in total. The van der Waals surface area contributed by atoms with Gasteiger partial charge in [0.15, 0.2) is 11.5 Å². The smallest absolute Gasteiger partial charge is 0.148 e. The van der Waals surface area contributed by atoms with E-state index in [0.717, 1.165) is 11.5 Å². The lowest BCUT2D eigenvalue weighted by atomic mass is 9.81. The van der Waals surface area contributed by atoms with Crippen LogP contribution in [-0.4, -0.2) is 6.16 Å². The normalized spacial score (nSPS) is 14.2. The van der Waals surface area contributed by atoms with Crippen LogP contribution in [0.1, 0.15) is 31.6 Å². The van der Waals surface area contributed by atoms with Crippen molar-refractivity contribution in [2.45, 2.75) is 26.7 Å². The van der Waals surface area contributed by atoms with Crippen molar-refractivity contribution in [3.8, 4) is 0 Å². The van der Waals surface area contributed by atoms with Gasteiger partial charge < -0.3 is 0 Å². The van der Waals surface area contributed by atoms with Gasteiger partial charge in [-0.15, -0.1) is 11.3 Å². The number of thiophene rings is 1. The van der Waals surface area contributed by atoms with Gasteiger partial charge in [0.25, 0.3) is 0 Å². The molecule has 0 saturated heterocycles. The molecule has 0 amide bonds. The van der Waals surface area contributed by atoms with Crippen LogP contribution in [0.4, 0.5) is 0 Å². The number of hydrogen-bond donors (Lipinski definition) is 0. The van der Waals surface area contributed by atoms with Crippen molar-refractivity contribution in [2.75, 3.05) is 6.16 Å².